The molecule has 1 aliphatic heterocycles. The van der Waals surface area contributed by atoms with Gasteiger partial charge in [0.2, 0.25) is 0 Å². The van der Waals surface area contributed by atoms with E-state index in [1.165, 1.54) is 40.6 Å². The highest BCUT2D eigenvalue weighted by Crippen LogP contribution is 2.40. The maximum Gasteiger partial charge on any atom is 0.141 e. The van der Waals surface area contributed by atoms with Crippen molar-refractivity contribution in [3.63, 3.8) is 0 Å². The fourth-order valence-corrected chi connectivity index (χ4v) is 5.92. The van der Waals surface area contributed by atoms with Gasteiger partial charge < -0.3 is 9.64 Å². The highest BCUT2D eigenvalue weighted by Gasteiger charge is 2.26. The largest absolute Gasteiger partial charge is 0.494 e. The van der Waals surface area contributed by atoms with Gasteiger partial charge in [-0.05, 0) is 55.4 Å². The van der Waals surface area contributed by atoms with Gasteiger partial charge in [0.25, 0.3) is 0 Å². The van der Waals surface area contributed by atoms with Crippen LogP contribution in [-0.4, -0.2) is 47.7 Å². The second-order valence-corrected chi connectivity index (χ2v) is 9.65. The Balaban J connectivity index is 1.29. The molecule has 0 bridgehead atoms. The van der Waals surface area contributed by atoms with E-state index in [1.807, 2.05) is 18.3 Å². The third-order valence-corrected chi connectivity index (χ3v) is 7.58. The smallest absolute Gasteiger partial charge is 0.141 e. The first-order chi connectivity index (χ1) is 14.7. The zero-order valence-corrected chi connectivity index (χ0v) is 18.7. The van der Waals surface area contributed by atoms with Crippen LogP contribution in [0.15, 0.2) is 30.6 Å². The van der Waals surface area contributed by atoms with Crippen LogP contribution in [0, 0.1) is 5.92 Å². The Morgan fingerprint density at radius 1 is 1.10 bits per heavy atom. The first kappa shape index (κ1) is 19.8. The lowest BCUT2D eigenvalue weighted by atomic mass is 9.88. The normalized spacial score (nSPS) is 19.8. The summed E-state index contributed by atoms with van der Waals surface area (Å²) < 4.78 is 5.56. The van der Waals surface area contributed by atoms with Crippen molar-refractivity contribution in [2.24, 2.45) is 5.92 Å². The Hall–Kier alpha value is -2.18. The summed E-state index contributed by atoms with van der Waals surface area (Å²) >= 11 is 1.89. The van der Waals surface area contributed by atoms with E-state index in [1.54, 1.807) is 11.2 Å². The van der Waals surface area contributed by atoms with Gasteiger partial charge in [0.15, 0.2) is 0 Å². The van der Waals surface area contributed by atoms with Crippen molar-refractivity contribution in [2.45, 2.75) is 39.7 Å². The molecule has 0 saturated carbocycles. The van der Waals surface area contributed by atoms with Crippen molar-refractivity contribution in [1.29, 1.82) is 0 Å². The van der Waals surface area contributed by atoms with Gasteiger partial charge in [-0.3, -0.25) is 4.90 Å². The van der Waals surface area contributed by atoms with Crippen LogP contribution >= 0.6 is 11.3 Å². The van der Waals surface area contributed by atoms with Crippen molar-refractivity contribution < 1.29 is 4.74 Å². The lowest BCUT2D eigenvalue weighted by Gasteiger charge is -2.36. The number of aryl methyl sites for hydroxylation is 1. The van der Waals surface area contributed by atoms with E-state index < -0.39 is 0 Å². The topological polar surface area (TPSA) is 41.5 Å². The molecule has 1 saturated heterocycles. The van der Waals surface area contributed by atoms with Crippen LogP contribution in [0.2, 0.25) is 0 Å². The second-order valence-electron chi connectivity index (χ2n) is 8.57. The van der Waals surface area contributed by atoms with Gasteiger partial charge in [-0.2, -0.15) is 0 Å². The lowest BCUT2D eigenvalue weighted by Crippen LogP contribution is -2.46. The number of aromatic nitrogens is 2. The van der Waals surface area contributed by atoms with E-state index in [0.717, 1.165) is 50.2 Å². The molecule has 1 aromatic carbocycles. The number of benzene rings is 1. The first-order valence-electron chi connectivity index (χ1n) is 11.2. The van der Waals surface area contributed by atoms with E-state index in [4.69, 9.17) is 9.72 Å². The van der Waals surface area contributed by atoms with E-state index in [0.29, 0.717) is 6.61 Å². The zero-order valence-electron chi connectivity index (χ0n) is 17.9. The van der Waals surface area contributed by atoms with Crippen molar-refractivity contribution >= 4 is 27.4 Å². The molecule has 0 amide bonds. The first-order valence-corrected chi connectivity index (χ1v) is 12.0. The highest BCUT2D eigenvalue weighted by molar-refractivity contribution is 7.19. The molecule has 6 heteroatoms. The van der Waals surface area contributed by atoms with Gasteiger partial charge in [-0.15, -0.1) is 11.3 Å². The maximum atomic E-state index is 5.56. The third kappa shape index (κ3) is 3.91. The predicted octanol–water partition coefficient (Wildman–Crippen LogP) is 4.54. The number of hydrogen-bond acceptors (Lipinski definition) is 6. The Morgan fingerprint density at radius 2 is 1.90 bits per heavy atom. The van der Waals surface area contributed by atoms with Crippen molar-refractivity contribution in [1.82, 2.24) is 14.9 Å². The van der Waals surface area contributed by atoms with Gasteiger partial charge >= 0.3 is 0 Å². The van der Waals surface area contributed by atoms with Crippen LogP contribution in [0.3, 0.4) is 0 Å². The van der Waals surface area contributed by atoms with E-state index in [2.05, 4.69) is 46.0 Å². The van der Waals surface area contributed by atoms with Gasteiger partial charge in [-0.25, -0.2) is 9.97 Å². The quantitative estimate of drug-likeness (QED) is 0.604. The molecule has 5 nitrogen and oxygen atoms in total. The minimum absolute atomic E-state index is 0.712. The summed E-state index contributed by atoms with van der Waals surface area (Å²) in [5.74, 6) is 2.87. The minimum Gasteiger partial charge on any atom is -0.494 e. The molecule has 3 heterocycles. The fraction of sp³-hybridized carbons (Fsp3) is 0.500. The van der Waals surface area contributed by atoms with Gasteiger partial charge in [-0.1, -0.05) is 19.1 Å². The van der Waals surface area contributed by atoms with Crippen LogP contribution in [0.25, 0.3) is 10.2 Å². The summed E-state index contributed by atoms with van der Waals surface area (Å²) in [5.41, 5.74) is 2.87. The maximum absolute atomic E-state index is 5.56. The standard InChI is InChI=1S/C24H30N4OS/c1-3-29-19-7-5-18(6-8-19)15-27-10-12-28(13-11-27)23-22-20-14-17(2)4-9-21(20)30-24(22)26-16-25-23/h5-8,16-17H,3-4,9-15H2,1-2H3/t17-/m0/s1. The van der Waals surface area contributed by atoms with Crippen LogP contribution in [0.1, 0.15) is 36.3 Å². The summed E-state index contributed by atoms with van der Waals surface area (Å²) in [7, 11) is 0. The Bertz CT molecular complexity index is 1010. The van der Waals surface area contributed by atoms with E-state index >= 15 is 0 Å². The number of piperazine rings is 1. The molecule has 0 spiro atoms. The minimum atomic E-state index is 0.712. The number of nitrogens with zero attached hydrogens (tertiary/aromatic N) is 4. The lowest BCUT2D eigenvalue weighted by molar-refractivity contribution is 0.249. The number of thiophene rings is 1. The van der Waals surface area contributed by atoms with Crippen molar-refractivity contribution in [2.75, 3.05) is 37.7 Å². The number of hydrogen-bond donors (Lipinski definition) is 0. The summed E-state index contributed by atoms with van der Waals surface area (Å²) in [6.45, 7) is 10.2. The zero-order chi connectivity index (χ0) is 20.5. The van der Waals surface area contributed by atoms with Crippen LogP contribution in [0.5, 0.6) is 5.75 Å². The average Bonchev–Trinajstić information content (AvgIpc) is 3.14. The predicted molar refractivity (Wildman–Crippen MR) is 124 cm³/mol. The summed E-state index contributed by atoms with van der Waals surface area (Å²) in [4.78, 5) is 17.1. The fourth-order valence-electron chi connectivity index (χ4n) is 4.74. The number of fused-ring (bicyclic) bond motifs is 3. The molecule has 0 unspecified atom stereocenters. The van der Waals surface area contributed by atoms with Crippen LogP contribution in [0.4, 0.5) is 5.82 Å². The SMILES string of the molecule is CCOc1ccc(CN2CCN(c3ncnc4sc5c(c34)C[C@@H](C)CC5)CC2)cc1. The number of anilines is 1. The molecule has 2 aliphatic rings. The van der Waals surface area contributed by atoms with Gasteiger partial charge in [0, 0.05) is 37.6 Å². The number of ether oxygens (including phenoxy) is 1. The summed E-state index contributed by atoms with van der Waals surface area (Å²) in [6, 6.07) is 8.52. The summed E-state index contributed by atoms with van der Waals surface area (Å²) in [5, 5.41) is 1.34. The molecular weight excluding hydrogens is 392 g/mol. The highest BCUT2D eigenvalue weighted by atomic mass is 32.1. The molecular formula is C24H30N4OS. The van der Waals surface area contributed by atoms with Gasteiger partial charge in [0.1, 0.15) is 22.7 Å². The third-order valence-electron chi connectivity index (χ3n) is 6.38. The summed E-state index contributed by atoms with van der Waals surface area (Å²) in [6.07, 6.45) is 5.43. The molecule has 2 aromatic heterocycles. The molecule has 1 fully saturated rings. The Morgan fingerprint density at radius 3 is 2.67 bits per heavy atom. The van der Waals surface area contributed by atoms with Crippen molar-refractivity contribution in [3.05, 3.63) is 46.6 Å². The Kier molecular flexibility index (Phi) is 5.61. The molecule has 158 valence electrons. The molecule has 30 heavy (non-hydrogen) atoms. The monoisotopic (exact) mass is 422 g/mol. The number of rotatable bonds is 5. The molecule has 1 atom stereocenters. The molecule has 3 aromatic rings. The molecule has 0 radical (unpaired) electrons. The molecule has 1 aliphatic carbocycles. The van der Waals surface area contributed by atoms with E-state index in [-0.39, 0.29) is 0 Å². The van der Waals surface area contributed by atoms with Crippen molar-refractivity contribution in [3.8, 4) is 5.75 Å². The van der Waals surface area contributed by atoms with Crippen LogP contribution < -0.4 is 9.64 Å². The van der Waals surface area contributed by atoms with Crippen LogP contribution in [-0.2, 0) is 19.4 Å². The van der Waals surface area contributed by atoms with Gasteiger partial charge in [0.05, 0.1) is 12.0 Å². The molecule has 0 N–H and O–H groups in total. The Labute approximate surface area is 182 Å². The second kappa shape index (κ2) is 8.52. The van der Waals surface area contributed by atoms with E-state index in [9.17, 15) is 0 Å². The molecule has 5 rings (SSSR count). The average molecular weight is 423 g/mol.